The molecule has 29 heavy (non-hydrogen) atoms. The van der Waals surface area contributed by atoms with Gasteiger partial charge in [0.1, 0.15) is 5.69 Å². The third kappa shape index (κ3) is 4.32. The number of ketones is 1. The second-order valence-corrected chi connectivity index (χ2v) is 6.40. The number of amides is 1. The van der Waals surface area contributed by atoms with Crippen molar-refractivity contribution in [3.63, 3.8) is 0 Å². The molecule has 3 aromatic rings. The SMILES string of the molecule is CC(=O)c1cccc(NC(=O)c2ccnc(NCc3ccc4c(c3)OCO4)n2)c1. The molecule has 8 nitrogen and oxygen atoms in total. The van der Waals surface area contributed by atoms with Crippen LogP contribution in [0.2, 0.25) is 0 Å². The third-order valence-corrected chi connectivity index (χ3v) is 4.30. The number of benzene rings is 2. The zero-order valence-electron chi connectivity index (χ0n) is 15.6. The van der Waals surface area contributed by atoms with Crippen molar-refractivity contribution >= 4 is 23.3 Å². The Balaban J connectivity index is 1.42. The normalized spacial score (nSPS) is 11.8. The Morgan fingerprint density at radius 1 is 1.07 bits per heavy atom. The van der Waals surface area contributed by atoms with Gasteiger partial charge in [-0.1, -0.05) is 18.2 Å². The molecule has 0 fully saturated rings. The van der Waals surface area contributed by atoms with Gasteiger partial charge in [-0.3, -0.25) is 9.59 Å². The molecule has 0 unspecified atom stereocenters. The minimum absolute atomic E-state index is 0.0712. The van der Waals surface area contributed by atoms with Gasteiger partial charge >= 0.3 is 0 Å². The van der Waals surface area contributed by atoms with Gasteiger partial charge in [0.15, 0.2) is 17.3 Å². The number of hydrogen-bond donors (Lipinski definition) is 2. The van der Waals surface area contributed by atoms with Crippen LogP contribution in [-0.4, -0.2) is 28.5 Å². The van der Waals surface area contributed by atoms with Gasteiger partial charge in [0, 0.05) is 24.0 Å². The van der Waals surface area contributed by atoms with Crippen LogP contribution >= 0.6 is 0 Å². The predicted molar refractivity (Wildman–Crippen MR) is 106 cm³/mol. The fourth-order valence-electron chi connectivity index (χ4n) is 2.81. The Hall–Kier alpha value is -3.94. The molecule has 146 valence electrons. The van der Waals surface area contributed by atoms with E-state index in [1.54, 1.807) is 24.3 Å². The van der Waals surface area contributed by atoms with Crippen molar-refractivity contribution in [3.8, 4) is 11.5 Å². The molecular weight excluding hydrogens is 372 g/mol. The van der Waals surface area contributed by atoms with E-state index in [0.717, 1.165) is 11.3 Å². The quantitative estimate of drug-likeness (QED) is 0.623. The van der Waals surface area contributed by atoms with Crippen molar-refractivity contribution in [2.75, 3.05) is 17.4 Å². The molecule has 0 aliphatic carbocycles. The lowest BCUT2D eigenvalue weighted by Crippen LogP contribution is -2.15. The van der Waals surface area contributed by atoms with Crippen molar-refractivity contribution < 1.29 is 19.1 Å². The standard InChI is InChI=1S/C21H18N4O4/c1-13(26)15-3-2-4-16(10-15)24-20(27)17-7-8-22-21(25-17)23-11-14-5-6-18-19(9-14)29-12-28-18/h2-10H,11-12H2,1H3,(H,24,27)(H,22,23,25). The second-order valence-electron chi connectivity index (χ2n) is 6.40. The number of rotatable bonds is 6. The Labute approximate surface area is 166 Å². The van der Waals surface area contributed by atoms with E-state index in [4.69, 9.17) is 9.47 Å². The maximum absolute atomic E-state index is 12.5. The smallest absolute Gasteiger partial charge is 0.274 e. The van der Waals surface area contributed by atoms with E-state index in [1.807, 2.05) is 18.2 Å². The summed E-state index contributed by atoms with van der Waals surface area (Å²) in [6.07, 6.45) is 1.51. The van der Waals surface area contributed by atoms with Crippen LogP contribution in [0.25, 0.3) is 0 Å². The number of fused-ring (bicyclic) bond motifs is 1. The summed E-state index contributed by atoms with van der Waals surface area (Å²) in [5.41, 5.74) is 2.22. The van der Waals surface area contributed by atoms with Crippen molar-refractivity contribution in [2.24, 2.45) is 0 Å². The molecule has 0 saturated heterocycles. The van der Waals surface area contributed by atoms with E-state index >= 15 is 0 Å². The van der Waals surface area contributed by atoms with Gasteiger partial charge in [-0.25, -0.2) is 9.97 Å². The highest BCUT2D eigenvalue weighted by atomic mass is 16.7. The van der Waals surface area contributed by atoms with Crippen LogP contribution < -0.4 is 20.1 Å². The summed E-state index contributed by atoms with van der Waals surface area (Å²) < 4.78 is 10.7. The molecule has 4 rings (SSSR count). The number of anilines is 2. The minimum Gasteiger partial charge on any atom is -0.454 e. The Morgan fingerprint density at radius 2 is 1.93 bits per heavy atom. The average molecular weight is 390 g/mol. The topological polar surface area (TPSA) is 102 Å². The van der Waals surface area contributed by atoms with Gasteiger partial charge in [0.25, 0.3) is 5.91 Å². The predicted octanol–water partition coefficient (Wildman–Crippen LogP) is 3.27. The summed E-state index contributed by atoms with van der Waals surface area (Å²) in [7, 11) is 0. The largest absolute Gasteiger partial charge is 0.454 e. The maximum Gasteiger partial charge on any atom is 0.274 e. The lowest BCUT2D eigenvalue weighted by atomic mass is 10.1. The molecule has 1 aromatic heterocycles. The van der Waals surface area contributed by atoms with Crippen molar-refractivity contribution in [1.29, 1.82) is 0 Å². The summed E-state index contributed by atoms with van der Waals surface area (Å²) in [4.78, 5) is 32.4. The summed E-state index contributed by atoms with van der Waals surface area (Å²) >= 11 is 0. The van der Waals surface area contributed by atoms with Crippen LogP contribution in [0.1, 0.15) is 33.3 Å². The molecule has 0 spiro atoms. The monoisotopic (exact) mass is 390 g/mol. The first-order chi connectivity index (χ1) is 14.1. The lowest BCUT2D eigenvalue weighted by Gasteiger charge is -2.08. The first kappa shape index (κ1) is 18.4. The van der Waals surface area contributed by atoms with E-state index in [2.05, 4.69) is 20.6 Å². The maximum atomic E-state index is 12.5. The molecule has 0 saturated carbocycles. The zero-order valence-corrected chi connectivity index (χ0v) is 15.6. The number of nitrogens with one attached hydrogen (secondary N) is 2. The fourth-order valence-corrected chi connectivity index (χ4v) is 2.81. The van der Waals surface area contributed by atoms with Gasteiger partial charge in [-0.05, 0) is 42.8 Å². The van der Waals surface area contributed by atoms with Crippen LogP contribution in [0, 0.1) is 0 Å². The molecule has 8 heteroatoms. The van der Waals surface area contributed by atoms with Gasteiger partial charge in [0.05, 0.1) is 0 Å². The number of carbonyl (C=O) groups excluding carboxylic acids is 2. The third-order valence-electron chi connectivity index (χ3n) is 4.30. The number of hydrogen-bond acceptors (Lipinski definition) is 7. The zero-order chi connectivity index (χ0) is 20.2. The highest BCUT2D eigenvalue weighted by molar-refractivity contribution is 6.04. The Bertz CT molecular complexity index is 1080. The number of aromatic nitrogens is 2. The van der Waals surface area contributed by atoms with E-state index in [-0.39, 0.29) is 24.2 Å². The van der Waals surface area contributed by atoms with Gasteiger partial charge < -0.3 is 20.1 Å². The molecule has 1 amide bonds. The van der Waals surface area contributed by atoms with Gasteiger partial charge in [0.2, 0.25) is 12.7 Å². The highest BCUT2D eigenvalue weighted by Gasteiger charge is 2.14. The van der Waals surface area contributed by atoms with Crippen molar-refractivity contribution in [3.05, 3.63) is 71.5 Å². The first-order valence-electron chi connectivity index (χ1n) is 8.96. The minimum atomic E-state index is -0.390. The fraction of sp³-hybridized carbons (Fsp3) is 0.143. The van der Waals surface area contributed by atoms with E-state index in [1.165, 1.54) is 19.2 Å². The molecule has 2 N–H and O–H groups in total. The number of ether oxygens (including phenoxy) is 2. The summed E-state index contributed by atoms with van der Waals surface area (Å²) in [6.45, 7) is 2.16. The first-order valence-corrected chi connectivity index (χ1v) is 8.96. The molecule has 0 atom stereocenters. The molecule has 1 aliphatic heterocycles. The average Bonchev–Trinajstić information content (AvgIpc) is 3.20. The molecule has 0 radical (unpaired) electrons. The number of nitrogens with zero attached hydrogens (tertiary/aromatic N) is 2. The molecular formula is C21H18N4O4. The lowest BCUT2D eigenvalue weighted by molar-refractivity contribution is 0.100. The number of Topliss-reactive ketones (excluding diaryl/α,β-unsaturated/α-hetero) is 1. The van der Waals surface area contributed by atoms with Crippen LogP contribution in [0.4, 0.5) is 11.6 Å². The van der Waals surface area contributed by atoms with Crippen LogP contribution in [0.3, 0.4) is 0 Å². The second kappa shape index (κ2) is 7.97. The van der Waals surface area contributed by atoms with Crippen LogP contribution in [-0.2, 0) is 6.54 Å². The Morgan fingerprint density at radius 3 is 2.79 bits per heavy atom. The summed E-state index contributed by atoms with van der Waals surface area (Å²) in [5, 5.41) is 5.84. The summed E-state index contributed by atoms with van der Waals surface area (Å²) in [6, 6.07) is 13.9. The summed E-state index contributed by atoms with van der Waals surface area (Å²) in [5.74, 6) is 1.29. The van der Waals surface area contributed by atoms with E-state index < -0.39 is 0 Å². The molecule has 1 aliphatic rings. The van der Waals surface area contributed by atoms with E-state index in [0.29, 0.717) is 29.5 Å². The van der Waals surface area contributed by atoms with Crippen LogP contribution in [0.15, 0.2) is 54.7 Å². The van der Waals surface area contributed by atoms with Crippen LogP contribution in [0.5, 0.6) is 11.5 Å². The van der Waals surface area contributed by atoms with Crippen molar-refractivity contribution in [1.82, 2.24) is 9.97 Å². The van der Waals surface area contributed by atoms with E-state index in [9.17, 15) is 9.59 Å². The highest BCUT2D eigenvalue weighted by Crippen LogP contribution is 2.32. The molecule has 2 heterocycles. The number of carbonyl (C=O) groups is 2. The van der Waals surface area contributed by atoms with Gasteiger partial charge in [-0.2, -0.15) is 0 Å². The van der Waals surface area contributed by atoms with Crippen molar-refractivity contribution in [2.45, 2.75) is 13.5 Å². The molecule has 0 bridgehead atoms. The Kier molecular flexibility index (Phi) is 5.07. The molecule has 2 aromatic carbocycles. The van der Waals surface area contributed by atoms with Gasteiger partial charge in [-0.15, -0.1) is 0 Å².